The lowest BCUT2D eigenvalue weighted by molar-refractivity contribution is -0.384. The van der Waals surface area contributed by atoms with Crippen LogP contribution in [0.25, 0.3) is 6.08 Å². The summed E-state index contributed by atoms with van der Waals surface area (Å²) in [7, 11) is 0. The molecule has 9 nitrogen and oxygen atoms in total. The summed E-state index contributed by atoms with van der Waals surface area (Å²) in [5.41, 5.74) is 3.02. The second kappa shape index (κ2) is 15.7. The van der Waals surface area contributed by atoms with Gasteiger partial charge in [-0.15, -0.1) is 11.8 Å². The van der Waals surface area contributed by atoms with Crippen molar-refractivity contribution in [3.8, 4) is 0 Å². The molecule has 5 rings (SSSR count). The fraction of sp³-hybridized carbons (Fsp3) is 0.0541. The van der Waals surface area contributed by atoms with E-state index in [4.69, 9.17) is 11.6 Å². The van der Waals surface area contributed by atoms with E-state index in [9.17, 15) is 24.5 Å². The van der Waals surface area contributed by atoms with Crippen molar-refractivity contribution in [1.29, 1.82) is 0 Å². The maximum Gasteiger partial charge on any atom is 0.272 e. The number of carbonyl (C=O) groups is 3. The number of thioether (sulfide) groups is 1. The molecular weight excluding hydrogens is 648 g/mol. The third-order valence-corrected chi connectivity index (χ3v) is 8.69. The molecule has 0 heterocycles. The van der Waals surface area contributed by atoms with Crippen LogP contribution in [0.15, 0.2) is 138 Å². The Labute approximate surface area is 286 Å². The fourth-order valence-corrected chi connectivity index (χ4v) is 5.95. The van der Waals surface area contributed by atoms with E-state index >= 15 is 0 Å². The Bertz CT molecular complexity index is 2000. The lowest BCUT2D eigenvalue weighted by Crippen LogP contribution is -2.30. The molecule has 11 heteroatoms. The largest absolute Gasteiger partial charge is 0.325 e. The van der Waals surface area contributed by atoms with Gasteiger partial charge in [-0.3, -0.25) is 24.5 Å². The maximum atomic E-state index is 13.7. The van der Waals surface area contributed by atoms with Crippen LogP contribution in [0.5, 0.6) is 0 Å². The second-order valence-electron chi connectivity index (χ2n) is 10.5. The number of nitro benzene ring substituents is 1. The highest BCUT2D eigenvalue weighted by atomic mass is 35.5. The molecule has 0 aliphatic carbocycles. The number of rotatable bonds is 11. The lowest BCUT2D eigenvalue weighted by Gasteiger charge is -2.18. The van der Waals surface area contributed by atoms with Crippen LogP contribution in [0.3, 0.4) is 0 Å². The second-order valence-corrected chi connectivity index (χ2v) is 12.1. The molecule has 1 atom stereocenters. The minimum atomic E-state index is -0.701. The van der Waals surface area contributed by atoms with Crippen molar-refractivity contribution < 1.29 is 19.3 Å². The monoisotopic (exact) mass is 676 g/mol. The molecule has 3 N–H and O–H groups in total. The van der Waals surface area contributed by atoms with Crippen LogP contribution in [0.2, 0.25) is 5.02 Å². The molecule has 0 spiro atoms. The van der Waals surface area contributed by atoms with E-state index in [1.165, 1.54) is 36.0 Å². The molecule has 0 radical (unpaired) electrons. The summed E-state index contributed by atoms with van der Waals surface area (Å²) in [6.07, 6.45) is 1.51. The number of hydrogen-bond acceptors (Lipinski definition) is 6. The Balaban J connectivity index is 1.38. The summed E-state index contributed by atoms with van der Waals surface area (Å²) in [4.78, 5) is 51.7. The van der Waals surface area contributed by atoms with Gasteiger partial charge in [-0.25, -0.2) is 0 Å². The molecule has 0 saturated heterocycles. The molecule has 0 aliphatic rings. The van der Waals surface area contributed by atoms with E-state index in [-0.39, 0.29) is 17.3 Å². The first kappa shape index (κ1) is 33.6. The summed E-state index contributed by atoms with van der Waals surface area (Å²) < 4.78 is 0. The minimum absolute atomic E-state index is 0.0185. The van der Waals surface area contributed by atoms with Crippen LogP contribution in [0, 0.1) is 17.0 Å². The maximum absolute atomic E-state index is 13.7. The van der Waals surface area contributed by atoms with Gasteiger partial charge in [0, 0.05) is 39.0 Å². The van der Waals surface area contributed by atoms with Crippen LogP contribution in [-0.2, 0) is 9.59 Å². The first-order valence-corrected chi connectivity index (χ1v) is 16.0. The highest BCUT2D eigenvalue weighted by molar-refractivity contribution is 8.00. The fourth-order valence-electron chi connectivity index (χ4n) is 4.67. The molecule has 3 amide bonds. The first-order chi connectivity index (χ1) is 23.2. The van der Waals surface area contributed by atoms with Gasteiger partial charge < -0.3 is 16.0 Å². The van der Waals surface area contributed by atoms with Crippen molar-refractivity contribution in [1.82, 2.24) is 5.32 Å². The van der Waals surface area contributed by atoms with Gasteiger partial charge in [0.05, 0.1) is 4.92 Å². The molecule has 5 aromatic carbocycles. The van der Waals surface area contributed by atoms with E-state index in [2.05, 4.69) is 16.0 Å². The van der Waals surface area contributed by atoms with Gasteiger partial charge in [-0.2, -0.15) is 0 Å². The van der Waals surface area contributed by atoms with Gasteiger partial charge in [0.15, 0.2) is 0 Å². The molecule has 0 fully saturated rings. The molecule has 48 heavy (non-hydrogen) atoms. The van der Waals surface area contributed by atoms with Gasteiger partial charge in [0.1, 0.15) is 10.9 Å². The SMILES string of the molecule is Cc1cc([N+](=O)[O-])ccc1NC(=O)C(Sc1cccc(NC(=O)/C(=C\c2ccccc2Cl)NC(=O)c2ccccc2)c1)c1ccccc1. The standard InChI is InChI=1S/C37H29ClN4O5S/c1-24-21-29(42(46)47)19-20-32(24)40-37(45)34(25-11-4-2-5-12-25)48-30-17-10-16-28(23-30)39-36(44)33(22-27-15-8-9-18-31(27)38)41-35(43)26-13-6-3-7-14-26/h2-23,34H,1H3,(H,39,44)(H,40,45)(H,41,43)/b33-22+. The van der Waals surface area contributed by atoms with E-state index in [1.54, 1.807) is 79.7 Å². The Morgan fingerprint density at radius 3 is 2.19 bits per heavy atom. The Hall–Kier alpha value is -5.71. The smallest absolute Gasteiger partial charge is 0.272 e. The van der Waals surface area contributed by atoms with Crippen molar-refractivity contribution in [3.63, 3.8) is 0 Å². The highest BCUT2D eigenvalue weighted by Crippen LogP contribution is 2.37. The number of non-ortho nitro benzene ring substituents is 1. The number of aryl methyl sites for hydroxylation is 1. The van der Waals surface area contributed by atoms with Crippen molar-refractivity contribution in [2.24, 2.45) is 0 Å². The summed E-state index contributed by atoms with van der Waals surface area (Å²) in [5.74, 6) is -1.37. The average molecular weight is 677 g/mol. The van der Waals surface area contributed by atoms with Gasteiger partial charge >= 0.3 is 0 Å². The molecule has 0 aliphatic heterocycles. The van der Waals surface area contributed by atoms with Crippen LogP contribution in [-0.4, -0.2) is 22.6 Å². The third-order valence-electron chi connectivity index (χ3n) is 7.10. The zero-order valence-corrected chi connectivity index (χ0v) is 27.1. The molecule has 0 saturated carbocycles. The van der Waals surface area contributed by atoms with Crippen LogP contribution < -0.4 is 16.0 Å². The number of nitro groups is 1. The number of anilines is 2. The topological polar surface area (TPSA) is 130 Å². The predicted molar refractivity (Wildman–Crippen MR) is 190 cm³/mol. The number of carbonyl (C=O) groups excluding carboxylic acids is 3. The molecule has 1 unspecified atom stereocenters. The third kappa shape index (κ3) is 8.75. The van der Waals surface area contributed by atoms with Gasteiger partial charge in [-0.1, -0.05) is 84.4 Å². The molecular formula is C37H29ClN4O5S. The molecule has 0 aromatic heterocycles. The van der Waals surface area contributed by atoms with Crippen LogP contribution in [0.1, 0.15) is 32.3 Å². The number of hydrogen-bond donors (Lipinski definition) is 3. The quantitative estimate of drug-likeness (QED) is 0.0557. The number of nitrogens with one attached hydrogen (secondary N) is 3. The van der Waals surface area contributed by atoms with Crippen LogP contribution in [0.4, 0.5) is 17.1 Å². The van der Waals surface area contributed by atoms with Crippen LogP contribution >= 0.6 is 23.4 Å². The number of nitrogens with zero attached hydrogens (tertiary/aromatic N) is 1. The molecule has 240 valence electrons. The summed E-state index contributed by atoms with van der Waals surface area (Å²) in [6.45, 7) is 1.69. The lowest BCUT2D eigenvalue weighted by atomic mass is 10.1. The Morgan fingerprint density at radius 1 is 0.812 bits per heavy atom. The average Bonchev–Trinajstić information content (AvgIpc) is 3.09. The molecule has 5 aromatic rings. The number of halogens is 1. The minimum Gasteiger partial charge on any atom is -0.325 e. The van der Waals surface area contributed by atoms with Crippen molar-refractivity contribution in [3.05, 3.63) is 170 Å². The normalized spacial score (nSPS) is 11.7. The first-order valence-electron chi connectivity index (χ1n) is 14.7. The highest BCUT2D eigenvalue weighted by Gasteiger charge is 2.24. The van der Waals surface area contributed by atoms with Crippen molar-refractivity contribution >= 4 is 64.2 Å². The van der Waals surface area contributed by atoms with E-state index in [0.29, 0.717) is 38.0 Å². The van der Waals surface area contributed by atoms with E-state index < -0.39 is 22.0 Å². The number of benzene rings is 5. The summed E-state index contributed by atoms with van der Waals surface area (Å²) in [6, 6.07) is 35.9. The Morgan fingerprint density at radius 2 is 1.50 bits per heavy atom. The Kier molecular flexibility index (Phi) is 11.0. The zero-order chi connectivity index (χ0) is 34.0. The van der Waals surface area contributed by atoms with E-state index in [0.717, 1.165) is 5.56 Å². The molecule has 0 bridgehead atoms. The van der Waals surface area contributed by atoms with Crippen molar-refractivity contribution in [2.75, 3.05) is 10.6 Å². The van der Waals surface area contributed by atoms with Gasteiger partial charge in [0.25, 0.3) is 17.5 Å². The summed E-state index contributed by atoms with van der Waals surface area (Å²) >= 11 is 7.63. The van der Waals surface area contributed by atoms with Gasteiger partial charge in [-0.05, 0) is 72.2 Å². The van der Waals surface area contributed by atoms with Gasteiger partial charge in [0.2, 0.25) is 5.91 Å². The number of amides is 3. The zero-order valence-electron chi connectivity index (χ0n) is 25.6. The summed E-state index contributed by atoms with van der Waals surface area (Å²) in [5, 5.41) is 19.3. The predicted octanol–water partition coefficient (Wildman–Crippen LogP) is 8.44. The van der Waals surface area contributed by atoms with Crippen molar-refractivity contribution in [2.45, 2.75) is 17.1 Å². The van der Waals surface area contributed by atoms with E-state index in [1.807, 2.05) is 36.4 Å².